The number of ether oxygens (including phenoxy) is 1. The van der Waals surface area contributed by atoms with Gasteiger partial charge in [-0.15, -0.1) is 12.4 Å². The molecule has 4 N–H and O–H groups in total. The number of fused-ring (bicyclic) bond motifs is 1. The van der Waals surface area contributed by atoms with Crippen molar-refractivity contribution >= 4 is 24.0 Å². The molecule has 0 bridgehead atoms. The van der Waals surface area contributed by atoms with E-state index in [9.17, 15) is 15.0 Å². The minimum absolute atomic E-state index is 0. The molecule has 0 aliphatic carbocycles. The summed E-state index contributed by atoms with van der Waals surface area (Å²) in [7, 11) is 0. The summed E-state index contributed by atoms with van der Waals surface area (Å²) < 4.78 is 5.46. The Morgan fingerprint density at radius 3 is 2.73 bits per heavy atom. The molecule has 7 heteroatoms. The van der Waals surface area contributed by atoms with Gasteiger partial charge in [-0.05, 0) is 26.3 Å². The van der Waals surface area contributed by atoms with Gasteiger partial charge in [0.15, 0.2) is 6.61 Å². The molecule has 0 saturated heterocycles. The summed E-state index contributed by atoms with van der Waals surface area (Å²) in [5.74, 6) is 0.134. The normalized spacial score (nSPS) is 14.7. The van der Waals surface area contributed by atoms with Gasteiger partial charge >= 0.3 is 0 Å². The Labute approximate surface area is 161 Å². The van der Waals surface area contributed by atoms with Crippen molar-refractivity contribution < 1.29 is 19.7 Å². The number of unbranched alkanes of at least 4 members (excludes halogenated alkanes) is 3. The lowest BCUT2D eigenvalue weighted by atomic mass is 9.95. The van der Waals surface area contributed by atoms with E-state index < -0.39 is 6.10 Å². The van der Waals surface area contributed by atoms with Crippen LogP contribution in [0.15, 0.2) is 12.1 Å². The third-order valence-corrected chi connectivity index (χ3v) is 4.51. The molecule has 1 aliphatic heterocycles. The number of hydrogen-bond acceptors (Lipinski definition) is 5. The molecular weight excluding hydrogens is 356 g/mol. The number of carbonyl (C=O) groups is 1. The summed E-state index contributed by atoms with van der Waals surface area (Å²) in [4.78, 5) is 11.4. The summed E-state index contributed by atoms with van der Waals surface area (Å²) in [6, 6.07) is 2.91. The number of β-amino-alcohol motifs (C(OH)–C–C–N with tert-alkyl or cyclic N) is 1. The number of amides is 1. The Balaban J connectivity index is 0.00000338. The van der Waals surface area contributed by atoms with Crippen LogP contribution in [0.2, 0.25) is 0 Å². The van der Waals surface area contributed by atoms with E-state index in [1.54, 1.807) is 0 Å². The number of phenolic OH excluding ortho intramolecular Hbond substituents is 1. The van der Waals surface area contributed by atoms with Crippen LogP contribution in [-0.4, -0.2) is 34.8 Å². The molecule has 26 heavy (non-hydrogen) atoms. The quantitative estimate of drug-likeness (QED) is 0.487. The Hall–Kier alpha value is -1.50. The van der Waals surface area contributed by atoms with Crippen LogP contribution in [0.1, 0.15) is 64.5 Å². The van der Waals surface area contributed by atoms with Crippen molar-refractivity contribution in [3.8, 4) is 11.5 Å². The molecule has 1 amide bonds. The second kappa shape index (κ2) is 10.00. The van der Waals surface area contributed by atoms with E-state index in [0.29, 0.717) is 23.5 Å². The molecule has 0 radical (unpaired) electrons. The lowest BCUT2D eigenvalue weighted by Crippen LogP contribution is -2.41. The molecule has 0 aromatic heterocycles. The highest BCUT2D eigenvalue weighted by atomic mass is 35.5. The first kappa shape index (κ1) is 22.5. The van der Waals surface area contributed by atoms with Crippen LogP contribution >= 0.6 is 12.4 Å². The number of carbonyl (C=O) groups excluding carboxylic acids is 1. The van der Waals surface area contributed by atoms with Crippen LogP contribution in [0.5, 0.6) is 11.5 Å². The van der Waals surface area contributed by atoms with Crippen molar-refractivity contribution in [3.63, 3.8) is 0 Å². The average Bonchev–Trinajstić information content (AvgIpc) is 2.55. The number of anilines is 1. The molecule has 0 spiro atoms. The molecular formula is C19H31ClN2O4. The summed E-state index contributed by atoms with van der Waals surface area (Å²) in [5.41, 5.74) is 0.786. The molecule has 0 saturated carbocycles. The highest BCUT2D eigenvalue weighted by molar-refractivity contribution is 5.96. The molecule has 6 nitrogen and oxygen atoms in total. The molecule has 0 fully saturated rings. The van der Waals surface area contributed by atoms with E-state index >= 15 is 0 Å². The molecule has 1 atom stereocenters. The number of rotatable bonds is 9. The van der Waals surface area contributed by atoms with Gasteiger partial charge in [-0.25, -0.2) is 0 Å². The molecule has 1 aromatic rings. The van der Waals surface area contributed by atoms with Gasteiger partial charge < -0.3 is 25.6 Å². The molecule has 0 unspecified atom stereocenters. The first-order chi connectivity index (χ1) is 11.8. The summed E-state index contributed by atoms with van der Waals surface area (Å²) in [6.07, 6.45) is 5.02. The predicted molar refractivity (Wildman–Crippen MR) is 105 cm³/mol. The van der Waals surface area contributed by atoms with Crippen LogP contribution in [0, 0.1) is 0 Å². The fourth-order valence-corrected chi connectivity index (χ4v) is 3.03. The molecule has 1 aromatic carbocycles. The summed E-state index contributed by atoms with van der Waals surface area (Å²) in [6.45, 7) is 6.70. The topological polar surface area (TPSA) is 90.8 Å². The summed E-state index contributed by atoms with van der Waals surface area (Å²) in [5, 5.41) is 26.5. The van der Waals surface area contributed by atoms with E-state index in [-0.39, 0.29) is 36.2 Å². The number of phenols is 1. The Bertz CT molecular complexity index is 607. The van der Waals surface area contributed by atoms with Crippen molar-refractivity contribution in [2.45, 2.75) is 64.5 Å². The molecule has 1 heterocycles. The van der Waals surface area contributed by atoms with Gasteiger partial charge in [-0.3, -0.25) is 4.79 Å². The summed E-state index contributed by atoms with van der Waals surface area (Å²) >= 11 is 0. The Kier molecular flexibility index (Phi) is 8.67. The lowest BCUT2D eigenvalue weighted by Gasteiger charge is -2.29. The maximum Gasteiger partial charge on any atom is 0.262 e. The standard InChI is InChI=1S/C19H30N2O4.ClH/c1-4-5-6-7-8-19(2,3)20-11-16(23)14-9-13(22)10-15-18(14)25-12-17(24)21-15;/h9-10,16,20,22-23H,4-8,11-12H2,1-3H3,(H,21,24);1H/t16-;/m0./s1. The second-order valence-corrected chi connectivity index (χ2v) is 7.34. The van der Waals surface area contributed by atoms with Crippen molar-refractivity contribution in [2.24, 2.45) is 0 Å². The lowest BCUT2D eigenvalue weighted by molar-refractivity contribution is -0.118. The van der Waals surface area contributed by atoms with E-state index in [0.717, 1.165) is 12.8 Å². The zero-order valence-corrected chi connectivity index (χ0v) is 16.6. The zero-order chi connectivity index (χ0) is 18.4. The van der Waals surface area contributed by atoms with Crippen molar-refractivity contribution in [2.75, 3.05) is 18.5 Å². The average molecular weight is 387 g/mol. The number of nitrogens with one attached hydrogen (secondary N) is 2. The minimum atomic E-state index is -0.842. The van der Waals surface area contributed by atoms with Crippen LogP contribution in [0.3, 0.4) is 0 Å². The van der Waals surface area contributed by atoms with Gasteiger partial charge in [0.2, 0.25) is 0 Å². The zero-order valence-electron chi connectivity index (χ0n) is 15.8. The van der Waals surface area contributed by atoms with Gasteiger partial charge in [0.05, 0.1) is 11.8 Å². The van der Waals surface area contributed by atoms with Gasteiger partial charge in [0.1, 0.15) is 11.5 Å². The van der Waals surface area contributed by atoms with Crippen LogP contribution in [0.25, 0.3) is 0 Å². The van der Waals surface area contributed by atoms with Crippen molar-refractivity contribution in [3.05, 3.63) is 17.7 Å². The highest BCUT2D eigenvalue weighted by Gasteiger charge is 2.25. The van der Waals surface area contributed by atoms with Gasteiger partial charge in [0.25, 0.3) is 5.91 Å². The number of aliphatic hydroxyl groups is 1. The number of aliphatic hydroxyl groups excluding tert-OH is 1. The van der Waals surface area contributed by atoms with E-state index in [1.165, 1.54) is 31.4 Å². The number of hydrogen-bond donors (Lipinski definition) is 4. The van der Waals surface area contributed by atoms with E-state index in [2.05, 4.69) is 31.4 Å². The van der Waals surface area contributed by atoms with Gasteiger partial charge in [-0.2, -0.15) is 0 Å². The predicted octanol–water partition coefficient (Wildman–Crippen LogP) is 3.52. The first-order valence-electron chi connectivity index (χ1n) is 9.05. The molecule has 1 aliphatic rings. The first-order valence-corrected chi connectivity index (χ1v) is 9.05. The largest absolute Gasteiger partial charge is 0.508 e. The minimum Gasteiger partial charge on any atom is -0.508 e. The van der Waals surface area contributed by atoms with Crippen molar-refractivity contribution in [1.82, 2.24) is 5.32 Å². The SMILES string of the molecule is CCCCCCC(C)(C)NC[C@H](O)c1cc(O)cc2c1OCC(=O)N2.Cl. The van der Waals surface area contributed by atoms with Gasteiger partial charge in [-0.1, -0.05) is 32.6 Å². The van der Waals surface area contributed by atoms with E-state index in [1.807, 2.05) is 0 Å². The third kappa shape index (κ3) is 6.34. The Morgan fingerprint density at radius 2 is 2.04 bits per heavy atom. The second-order valence-electron chi connectivity index (χ2n) is 7.34. The number of halogens is 1. The Morgan fingerprint density at radius 1 is 1.31 bits per heavy atom. The fourth-order valence-electron chi connectivity index (χ4n) is 3.03. The molecule has 2 rings (SSSR count). The van der Waals surface area contributed by atoms with Crippen LogP contribution in [-0.2, 0) is 4.79 Å². The smallest absolute Gasteiger partial charge is 0.262 e. The van der Waals surface area contributed by atoms with Crippen LogP contribution < -0.4 is 15.4 Å². The van der Waals surface area contributed by atoms with Crippen molar-refractivity contribution in [1.29, 1.82) is 0 Å². The maximum atomic E-state index is 11.4. The third-order valence-electron chi connectivity index (χ3n) is 4.51. The highest BCUT2D eigenvalue weighted by Crippen LogP contribution is 2.38. The number of aromatic hydroxyl groups is 1. The monoisotopic (exact) mass is 386 g/mol. The van der Waals surface area contributed by atoms with Crippen LogP contribution in [0.4, 0.5) is 5.69 Å². The van der Waals surface area contributed by atoms with E-state index in [4.69, 9.17) is 4.74 Å². The van der Waals surface area contributed by atoms with Gasteiger partial charge in [0, 0.05) is 23.7 Å². The maximum absolute atomic E-state index is 11.4. The molecule has 148 valence electrons. The fraction of sp³-hybridized carbons (Fsp3) is 0.632. The number of benzene rings is 1.